The Morgan fingerprint density at radius 1 is 1.19 bits per heavy atom. The molecule has 1 spiro atoms. The molecule has 0 radical (unpaired) electrons. The molecule has 6 bridgehead atoms. The number of aromatic nitrogens is 1. The average Bonchev–Trinajstić information content (AvgIpc) is 3.06. The van der Waals surface area contributed by atoms with Crippen LogP contribution in [0.15, 0.2) is 24.5 Å². The van der Waals surface area contributed by atoms with Crippen LogP contribution in [0.4, 0.5) is 0 Å². The van der Waals surface area contributed by atoms with Crippen LogP contribution in [-0.4, -0.2) is 87.6 Å². The molecule has 7 rings (SSSR count). The van der Waals surface area contributed by atoms with E-state index in [1.165, 1.54) is 38.4 Å². The molecule has 10 nitrogen and oxygen atoms in total. The molecule has 4 saturated carbocycles. The van der Waals surface area contributed by atoms with Crippen LogP contribution in [0, 0.1) is 22.7 Å². The fourth-order valence-electron chi connectivity index (χ4n) is 9.59. The quantitative estimate of drug-likeness (QED) is 0.304. The minimum Gasteiger partial charge on any atom is -0.452 e. The zero-order valence-corrected chi connectivity index (χ0v) is 21.1. The van der Waals surface area contributed by atoms with Gasteiger partial charge in [-0.3, -0.25) is 4.98 Å². The number of hydrogen-bond acceptors (Lipinski definition) is 10. The zero-order valence-electron chi connectivity index (χ0n) is 21.1. The number of esters is 1. The SMILES string of the molecule is CC(C)[C@@]1(O)[C@@H](OC(=O)c2cccnc2)[C@@]2(O)[C@]3(C)C[C@@]4(O)OC5(C(O)[C@@H](C)CC[C@@]53O)[C@@]2(O)[C@@]41C. The molecule has 198 valence electrons. The molecule has 6 fully saturated rings. The molecule has 11 atom stereocenters. The first kappa shape index (κ1) is 24.7. The van der Waals surface area contributed by atoms with Gasteiger partial charge in [0.05, 0.1) is 17.1 Å². The van der Waals surface area contributed by atoms with E-state index >= 15 is 0 Å². The smallest absolute Gasteiger partial charge is 0.340 e. The maximum atomic E-state index is 13.3. The molecule has 0 aromatic carbocycles. The predicted octanol–water partition coefficient (Wildman–Crippen LogP) is -0.121. The van der Waals surface area contributed by atoms with Crippen LogP contribution in [-0.2, 0) is 9.47 Å². The largest absolute Gasteiger partial charge is 0.452 e. The summed E-state index contributed by atoms with van der Waals surface area (Å²) in [5.41, 5.74) is -15.3. The van der Waals surface area contributed by atoms with Crippen molar-refractivity contribution >= 4 is 5.97 Å². The Morgan fingerprint density at radius 3 is 2.44 bits per heavy atom. The lowest BCUT2D eigenvalue weighted by Crippen LogP contribution is -2.75. The van der Waals surface area contributed by atoms with Gasteiger partial charge in [-0.1, -0.05) is 27.7 Å². The van der Waals surface area contributed by atoms with Gasteiger partial charge >= 0.3 is 5.97 Å². The van der Waals surface area contributed by atoms with E-state index in [0.717, 1.165) is 0 Å². The van der Waals surface area contributed by atoms with Crippen LogP contribution in [0.5, 0.6) is 0 Å². The summed E-state index contributed by atoms with van der Waals surface area (Å²) < 4.78 is 12.1. The lowest BCUT2D eigenvalue weighted by Gasteiger charge is -2.60. The second kappa shape index (κ2) is 6.31. The molecule has 2 aliphatic heterocycles. The van der Waals surface area contributed by atoms with Crippen LogP contribution in [0.1, 0.15) is 64.2 Å². The van der Waals surface area contributed by atoms with E-state index in [0.29, 0.717) is 6.42 Å². The van der Waals surface area contributed by atoms with Gasteiger partial charge in [-0.2, -0.15) is 0 Å². The van der Waals surface area contributed by atoms with E-state index in [9.17, 15) is 35.4 Å². The van der Waals surface area contributed by atoms with Crippen molar-refractivity contribution in [3.05, 3.63) is 30.1 Å². The van der Waals surface area contributed by atoms with Crippen LogP contribution >= 0.6 is 0 Å². The lowest BCUT2D eigenvalue weighted by atomic mass is 9.52. The van der Waals surface area contributed by atoms with Gasteiger partial charge in [-0.05, 0) is 43.7 Å². The number of aliphatic hydroxyl groups is 6. The Labute approximate surface area is 208 Å². The Morgan fingerprint density at radius 2 is 1.86 bits per heavy atom. The minimum atomic E-state index is -2.60. The zero-order chi connectivity index (χ0) is 26.5. The van der Waals surface area contributed by atoms with Crippen LogP contribution in [0.3, 0.4) is 0 Å². The molecule has 1 aromatic rings. The Bertz CT molecular complexity index is 1170. The summed E-state index contributed by atoms with van der Waals surface area (Å²) in [6, 6.07) is 3.00. The highest BCUT2D eigenvalue weighted by atomic mass is 16.7. The minimum absolute atomic E-state index is 0.0574. The summed E-state index contributed by atoms with van der Waals surface area (Å²) in [5.74, 6) is -4.39. The fourth-order valence-corrected chi connectivity index (χ4v) is 9.59. The molecule has 36 heavy (non-hydrogen) atoms. The third-order valence-electron chi connectivity index (χ3n) is 11.4. The number of nitrogens with zero attached hydrogens (tertiary/aromatic N) is 1. The first-order chi connectivity index (χ1) is 16.5. The van der Waals surface area contributed by atoms with E-state index in [-0.39, 0.29) is 18.4 Å². The van der Waals surface area contributed by atoms with Gasteiger partial charge in [0.1, 0.15) is 22.4 Å². The highest BCUT2D eigenvalue weighted by Crippen LogP contribution is 2.90. The maximum Gasteiger partial charge on any atom is 0.340 e. The number of ether oxygens (including phenoxy) is 2. The Kier molecular flexibility index (Phi) is 4.32. The van der Waals surface area contributed by atoms with Gasteiger partial charge < -0.3 is 40.1 Å². The van der Waals surface area contributed by atoms with E-state index < -0.39 is 74.6 Å². The van der Waals surface area contributed by atoms with Crippen molar-refractivity contribution in [3.63, 3.8) is 0 Å². The van der Waals surface area contributed by atoms with E-state index in [2.05, 4.69) is 4.98 Å². The van der Waals surface area contributed by atoms with Gasteiger partial charge in [-0.25, -0.2) is 4.79 Å². The van der Waals surface area contributed by atoms with Crippen molar-refractivity contribution < 1.29 is 44.9 Å². The second-order valence-corrected chi connectivity index (χ2v) is 12.6. The van der Waals surface area contributed by atoms with Crippen molar-refractivity contribution in [1.82, 2.24) is 4.98 Å². The molecule has 2 unspecified atom stereocenters. The molecule has 2 saturated heterocycles. The van der Waals surface area contributed by atoms with Crippen molar-refractivity contribution in [3.8, 4) is 0 Å². The highest BCUT2D eigenvalue weighted by molar-refractivity contribution is 5.89. The third-order valence-corrected chi connectivity index (χ3v) is 11.4. The maximum absolute atomic E-state index is 13.3. The van der Waals surface area contributed by atoms with E-state index in [1.54, 1.807) is 20.8 Å². The summed E-state index contributed by atoms with van der Waals surface area (Å²) >= 11 is 0. The first-order valence-corrected chi connectivity index (χ1v) is 12.6. The molecule has 0 amide bonds. The van der Waals surface area contributed by atoms with Gasteiger partial charge in [0, 0.05) is 24.2 Å². The van der Waals surface area contributed by atoms with Crippen molar-refractivity contribution in [2.24, 2.45) is 22.7 Å². The Hall–Kier alpha value is -1.66. The normalized spacial score (nSPS) is 58.4. The van der Waals surface area contributed by atoms with Crippen LogP contribution in [0.2, 0.25) is 0 Å². The van der Waals surface area contributed by atoms with Gasteiger partial charge in [-0.15, -0.1) is 0 Å². The van der Waals surface area contributed by atoms with Gasteiger partial charge in [0.25, 0.3) is 0 Å². The molecule has 1 aromatic heterocycles. The Balaban J connectivity index is 1.67. The fraction of sp³-hybridized carbons (Fsp3) is 0.769. The summed E-state index contributed by atoms with van der Waals surface area (Å²) in [4.78, 5) is 17.2. The number of rotatable bonds is 3. The molecule has 6 N–H and O–H groups in total. The van der Waals surface area contributed by atoms with Crippen molar-refractivity contribution in [2.45, 2.75) is 99.9 Å². The molecule has 4 aliphatic carbocycles. The first-order valence-electron chi connectivity index (χ1n) is 12.6. The number of aliphatic hydroxyl groups excluding tert-OH is 1. The van der Waals surface area contributed by atoms with Crippen LogP contribution < -0.4 is 0 Å². The molecular weight excluding hydrogens is 470 g/mol. The lowest BCUT2D eigenvalue weighted by molar-refractivity contribution is -0.390. The van der Waals surface area contributed by atoms with Crippen LogP contribution in [0.25, 0.3) is 0 Å². The molecular formula is C26H35NO9. The molecule has 3 heterocycles. The van der Waals surface area contributed by atoms with Crippen molar-refractivity contribution in [2.75, 3.05) is 0 Å². The van der Waals surface area contributed by atoms with Gasteiger partial charge in [0.15, 0.2) is 17.5 Å². The van der Waals surface area contributed by atoms with E-state index in [1.807, 2.05) is 0 Å². The average molecular weight is 506 g/mol. The number of carbonyl (C=O) groups is 1. The van der Waals surface area contributed by atoms with Crippen molar-refractivity contribution in [1.29, 1.82) is 0 Å². The predicted molar refractivity (Wildman–Crippen MR) is 122 cm³/mol. The topological polar surface area (TPSA) is 170 Å². The van der Waals surface area contributed by atoms with Gasteiger partial charge in [0.2, 0.25) is 0 Å². The standard InChI is InChI=1S/C26H35NO9/c1-13(2)23(32)18(35-17(29)15-7-6-10-27-11-15)24(33)19(4)12-22(31)20(23,5)26(24,34)25(36-22)16(28)14(3)8-9-21(19,25)30/h6-7,10-11,13-14,16,18,28,30-34H,8-9,12H2,1-5H3/t14-,16?,18+,19+,20-,21-,22+,23+,24+,25?,26+/m0/s1. The molecule has 6 aliphatic rings. The highest BCUT2D eigenvalue weighted by Gasteiger charge is 3.10. The number of carbonyl (C=O) groups excluding carboxylic acids is 1. The summed E-state index contributed by atoms with van der Waals surface area (Å²) in [6.45, 7) is 7.89. The monoisotopic (exact) mass is 505 g/mol. The third kappa shape index (κ3) is 1.81. The number of pyridine rings is 1. The summed E-state index contributed by atoms with van der Waals surface area (Å²) in [5, 5.41) is 74.1. The second-order valence-electron chi connectivity index (χ2n) is 12.6. The number of hydrogen-bond donors (Lipinski definition) is 6. The molecule has 10 heteroatoms. The summed E-state index contributed by atoms with van der Waals surface area (Å²) in [7, 11) is 0. The summed E-state index contributed by atoms with van der Waals surface area (Å²) in [6.07, 6.45) is -0.455. The van der Waals surface area contributed by atoms with E-state index in [4.69, 9.17) is 9.47 Å².